The van der Waals surface area contributed by atoms with Crippen LogP contribution in [0.15, 0.2) is 0 Å². The van der Waals surface area contributed by atoms with Gasteiger partial charge in [0.15, 0.2) is 0 Å². The number of nitrogens with zero attached hydrogens (tertiary/aromatic N) is 1. The Bertz CT molecular complexity index is 180. The van der Waals surface area contributed by atoms with Gasteiger partial charge in [0, 0.05) is 11.5 Å². The zero-order valence-electron chi connectivity index (χ0n) is 16.0. The summed E-state index contributed by atoms with van der Waals surface area (Å²) >= 11 is 0. The van der Waals surface area contributed by atoms with Gasteiger partial charge in [-0.15, -0.1) is 0 Å². The van der Waals surface area contributed by atoms with Crippen LogP contribution in [0, 0.1) is 11.3 Å². The Morgan fingerprint density at radius 2 is 1.20 bits per heavy atom. The Balaban J connectivity index is 0. The number of hydrogen-bond donors (Lipinski definition) is 0. The standard InChI is InChI=1S/C7H15N.C7H14O.2C2H6/c1-7(2,3)8-5-4-6-8;1-7(2,3)6-4-8-5-6;2*1-2/h4-6H2,1-3H3;6H,4-5H2,1-3H3;2*1-2H3. The first-order valence-electron chi connectivity index (χ1n) is 8.54. The lowest BCUT2D eigenvalue weighted by molar-refractivity contribution is -0.0821. The van der Waals surface area contributed by atoms with Gasteiger partial charge in [0.1, 0.15) is 0 Å². The van der Waals surface area contributed by atoms with Crippen molar-refractivity contribution in [2.24, 2.45) is 11.3 Å². The average Bonchev–Trinajstić information content (AvgIpc) is 2.14. The fourth-order valence-corrected chi connectivity index (χ4v) is 1.72. The first-order chi connectivity index (χ1) is 9.21. The Labute approximate surface area is 129 Å². The largest absolute Gasteiger partial charge is 0.381 e. The molecule has 2 nitrogen and oxygen atoms in total. The minimum Gasteiger partial charge on any atom is -0.381 e. The molecule has 0 radical (unpaired) electrons. The second-order valence-corrected chi connectivity index (χ2v) is 7.11. The summed E-state index contributed by atoms with van der Waals surface area (Å²) in [5.74, 6) is 0.808. The van der Waals surface area contributed by atoms with Crippen LogP contribution in [0.25, 0.3) is 0 Å². The summed E-state index contributed by atoms with van der Waals surface area (Å²) < 4.78 is 5.06. The molecule has 0 spiro atoms. The van der Waals surface area contributed by atoms with Gasteiger partial charge >= 0.3 is 0 Å². The van der Waals surface area contributed by atoms with Crippen LogP contribution in [-0.2, 0) is 4.74 Å². The first-order valence-corrected chi connectivity index (χ1v) is 8.54. The van der Waals surface area contributed by atoms with Gasteiger partial charge in [0.2, 0.25) is 0 Å². The van der Waals surface area contributed by atoms with Crippen LogP contribution in [0.3, 0.4) is 0 Å². The third kappa shape index (κ3) is 8.97. The molecular weight excluding hydrogens is 246 g/mol. The summed E-state index contributed by atoms with van der Waals surface area (Å²) in [6, 6.07) is 0. The molecule has 124 valence electrons. The molecule has 0 aromatic carbocycles. The monoisotopic (exact) mass is 287 g/mol. The van der Waals surface area contributed by atoms with Gasteiger partial charge in [-0.1, -0.05) is 48.5 Å². The molecule has 0 aliphatic carbocycles. The van der Waals surface area contributed by atoms with Gasteiger partial charge < -0.3 is 4.74 Å². The zero-order chi connectivity index (χ0) is 16.4. The molecule has 2 fully saturated rings. The van der Waals surface area contributed by atoms with Gasteiger partial charge in [-0.05, 0) is 45.7 Å². The van der Waals surface area contributed by atoms with Gasteiger partial charge in [-0.25, -0.2) is 0 Å². The van der Waals surface area contributed by atoms with Gasteiger partial charge in [0.25, 0.3) is 0 Å². The van der Waals surface area contributed by atoms with E-state index < -0.39 is 0 Å². The van der Waals surface area contributed by atoms with E-state index in [0.29, 0.717) is 11.0 Å². The molecule has 2 heterocycles. The maximum absolute atomic E-state index is 5.06. The van der Waals surface area contributed by atoms with E-state index in [1.165, 1.54) is 19.5 Å². The van der Waals surface area contributed by atoms with Crippen LogP contribution >= 0.6 is 0 Å². The predicted molar refractivity (Wildman–Crippen MR) is 92.4 cm³/mol. The van der Waals surface area contributed by atoms with Crippen molar-refractivity contribution in [2.45, 2.75) is 81.2 Å². The van der Waals surface area contributed by atoms with Crippen molar-refractivity contribution in [2.75, 3.05) is 26.3 Å². The van der Waals surface area contributed by atoms with Crippen molar-refractivity contribution in [3.05, 3.63) is 0 Å². The van der Waals surface area contributed by atoms with E-state index in [2.05, 4.69) is 46.4 Å². The summed E-state index contributed by atoms with van der Waals surface area (Å²) in [7, 11) is 0. The zero-order valence-corrected chi connectivity index (χ0v) is 16.0. The fraction of sp³-hybridized carbons (Fsp3) is 1.00. The third-order valence-corrected chi connectivity index (χ3v) is 3.67. The minimum absolute atomic E-state index is 0.429. The number of likely N-dealkylation sites (tertiary alicyclic amines) is 1. The van der Waals surface area contributed by atoms with Crippen molar-refractivity contribution < 1.29 is 4.74 Å². The molecule has 2 aliphatic rings. The van der Waals surface area contributed by atoms with Crippen molar-refractivity contribution >= 4 is 0 Å². The first kappa shape index (κ1) is 22.2. The summed E-state index contributed by atoms with van der Waals surface area (Å²) in [5, 5.41) is 0. The topological polar surface area (TPSA) is 12.5 Å². The van der Waals surface area contributed by atoms with E-state index >= 15 is 0 Å². The lowest BCUT2D eigenvalue weighted by Gasteiger charge is -2.42. The van der Waals surface area contributed by atoms with Crippen LogP contribution < -0.4 is 0 Å². The SMILES string of the molecule is CC.CC.CC(C)(C)C1COC1.CC(C)(C)N1CCC1. The van der Waals surface area contributed by atoms with Crippen molar-refractivity contribution in [3.8, 4) is 0 Å². The second-order valence-electron chi connectivity index (χ2n) is 7.11. The third-order valence-electron chi connectivity index (χ3n) is 3.67. The lowest BCUT2D eigenvalue weighted by atomic mass is 9.80. The minimum atomic E-state index is 0.429. The molecule has 0 unspecified atom stereocenters. The van der Waals surface area contributed by atoms with Gasteiger partial charge in [-0.3, -0.25) is 4.90 Å². The molecule has 0 N–H and O–H groups in total. The number of rotatable bonds is 0. The Morgan fingerprint density at radius 3 is 1.20 bits per heavy atom. The van der Waals surface area contributed by atoms with E-state index in [-0.39, 0.29) is 0 Å². The quantitative estimate of drug-likeness (QED) is 0.605. The molecule has 0 aromatic heterocycles. The molecule has 0 amide bonds. The van der Waals surface area contributed by atoms with E-state index in [9.17, 15) is 0 Å². The van der Waals surface area contributed by atoms with Crippen LogP contribution in [-0.4, -0.2) is 36.7 Å². The molecule has 2 aliphatic heterocycles. The lowest BCUT2D eigenvalue weighted by Crippen LogP contribution is -2.49. The molecule has 0 aromatic rings. The van der Waals surface area contributed by atoms with Crippen LogP contribution in [0.1, 0.15) is 75.7 Å². The van der Waals surface area contributed by atoms with Crippen molar-refractivity contribution in [1.29, 1.82) is 0 Å². The predicted octanol–water partition coefficient (Wildman–Crippen LogP) is 5.22. The number of hydrogen-bond acceptors (Lipinski definition) is 2. The van der Waals surface area contributed by atoms with E-state index in [1.54, 1.807) is 0 Å². The van der Waals surface area contributed by atoms with E-state index in [1.807, 2.05) is 27.7 Å². The maximum Gasteiger partial charge on any atom is 0.0521 e. The molecule has 20 heavy (non-hydrogen) atoms. The number of ether oxygens (including phenoxy) is 1. The van der Waals surface area contributed by atoms with Crippen LogP contribution in [0.5, 0.6) is 0 Å². The van der Waals surface area contributed by atoms with Gasteiger partial charge in [0.05, 0.1) is 13.2 Å². The molecule has 2 heteroatoms. The summed E-state index contributed by atoms with van der Waals surface area (Å²) in [5.41, 5.74) is 0.899. The Hall–Kier alpha value is -0.0800. The highest BCUT2D eigenvalue weighted by molar-refractivity contribution is 4.81. The molecule has 0 saturated carbocycles. The Morgan fingerprint density at radius 1 is 0.800 bits per heavy atom. The molecule has 0 bridgehead atoms. The Kier molecular flexibility index (Phi) is 11.8. The molecule has 2 rings (SSSR count). The summed E-state index contributed by atoms with van der Waals surface area (Å²) in [6.45, 7) is 26.2. The highest BCUT2D eigenvalue weighted by atomic mass is 16.5. The van der Waals surface area contributed by atoms with E-state index in [4.69, 9.17) is 4.74 Å². The summed E-state index contributed by atoms with van der Waals surface area (Å²) in [4.78, 5) is 2.49. The normalized spacial score (nSPS) is 18.9. The summed E-state index contributed by atoms with van der Waals surface area (Å²) in [6.07, 6.45) is 1.40. The molecule has 2 saturated heterocycles. The van der Waals surface area contributed by atoms with Crippen molar-refractivity contribution in [3.63, 3.8) is 0 Å². The maximum atomic E-state index is 5.06. The molecular formula is C18H41NO. The van der Waals surface area contributed by atoms with Crippen molar-refractivity contribution in [1.82, 2.24) is 4.90 Å². The fourth-order valence-electron chi connectivity index (χ4n) is 1.72. The van der Waals surface area contributed by atoms with Crippen LogP contribution in [0.2, 0.25) is 0 Å². The average molecular weight is 288 g/mol. The van der Waals surface area contributed by atoms with Crippen LogP contribution in [0.4, 0.5) is 0 Å². The smallest absolute Gasteiger partial charge is 0.0521 e. The second kappa shape index (κ2) is 10.6. The van der Waals surface area contributed by atoms with E-state index in [0.717, 1.165) is 19.1 Å². The highest BCUT2D eigenvalue weighted by Crippen LogP contribution is 2.31. The highest BCUT2D eigenvalue weighted by Gasteiger charge is 2.30. The van der Waals surface area contributed by atoms with Gasteiger partial charge in [-0.2, -0.15) is 0 Å². The molecule has 0 atom stereocenters.